The summed E-state index contributed by atoms with van der Waals surface area (Å²) >= 11 is 1.42. The summed E-state index contributed by atoms with van der Waals surface area (Å²) in [4.78, 5) is 46.9. The standard InChI is InChI=1S/C26H44N4O5S.CH4/c1-6-28-26(35)30-21(24(27)32)13-14-23(31)29-22(25(33)34)17-36-16-15-20(5)12-8-11-19(4)10-7-9-18(2)3;/h9,11,15,21-22H,6-8,10,12-14,16-17H2,1-5H3,(H2,27,32)(H,29,31)(H,33,34)(H2,28,30,35);1H4/b19-11+,20-15+;/t21?,22-;/m0./s1. The number of primary amides is 1. The predicted octanol–water partition coefficient (Wildman–Crippen LogP) is 4.30. The highest BCUT2D eigenvalue weighted by molar-refractivity contribution is 7.99. The van der Waals surface area contributed by atoms with Gasteiger partial charge in [-0.2, -0.15) is 11.8 Å². The first-order chi connectivity index (χ1) is 17.0. The molecule has 0 aromatic carbocycles. The maximum atomic E-state index is 12.2. The van der Waals surface area contributed by atoms with E-state index in [1.807, 2.05) is 0 Å². The Morgan fingerprint density at radius 1 is 0.892 bits per heavy atom. The van der Waals surface area contributed by atoms with Crippen LogP contribution >= 0.6 is 11.8 Å². The molecule has 10 heteroatoms. The van der Waals surface area contributed by atoms with Gasteiger partial charge in [0, 0.05) is 24.5 Å². The SMILES string of the molecule is C.CCNC(=O)NC(CCC(=O)N[C@@H](CSC/C=C(\C)CC/C=C(\C)CCC=C(C)C)C(=O)O)C(N)=O. The predicted molar refractivity (Wildman–Crippen MR) is 153 cm³/mol. The average molecular weight is 541 g/mol. The van der Waals surface area contributed by atoms with Gasteiger partial charge in [-0.25, -0.2) is 9.59 Å². The van der Waals surface area contributed by atoms with Crippen LogP contribution < -0.4 is 21.7 Å². The molecule has 212 valence electrons. The van der Waals surface area contributed by atoms with Crippen molar-refractivity contribution in [3.63, 3.8) is 0 Å². The van der Waals surface area contributed by atoms with Crippen LogP contribution in [0.2, 0.25) is 0 Å². The Hall–Kier alpha value is -2.75. The molecular weight excluding hydrogens is 492 g/mol. The van der Waals surface area contributed by atoms with Crippen LogP contribution in [0.1, 0.15) is 80.6 Å². The van der Waals surface area contributed by atoms with Gasteiger partial charge in [-0.05, 0) is 66.7 Å². The third-order valence-electron chi connectivity index (χ3n) is 5.24. The van der Waals surface area contributed by atoms with Gasteiger partial charge < -0.3 is 26.8 Å². The van der Waals surface area contributed by atoms with Crippen molar-refractivity contribution in [2.45, 2.75) is 92.7 Å². The number of carboxylic acids is 1. The highest BCUT2D eigenvalue weighted by atomic mass is 32.2. The van der Waals surface area contributed by atoms with Crippen LogP contribution in [0.15, 0.2) is 34.9 Å². The summed E-state index contributed by atoms with van der Waals surface area (Å²) in [5.74, 6) is -1.56. The smallest absolute Gasteiger partial charge is 0.327 e. The lowest BCUT2D eigenvalue weighted by Gasteiger charge is -2.17. The molecule has 0 aliphatic rings. The first-order valence-electron chi connectivity index (χ1n) is 12.3. The first-order valence-corrected chi connectivity index (χ1v) is 13.5. The van der Waals surface area contributed by atoms with Gasteiger partial charge in [0.1, 0.15) is 12.1 Å². The molecular formula is C27H48N4O5S. The number of rotatable bonds is 18. The van der Waals surface area contributed by atoms with Crippen LogP contribution in [0.25, 0.3) is 0 Å². The summed E-state index contributed by atoms with van der Waals surface area (Å²) in [7, 11) is 0. The van der Waals surface area contributed by atoms with E-state index in [2.05, 4.69) is 61.9 Å². The molecule has 0 spiro atoms. The third-order valence-corrected chi connectivity index (χ3v) is 6.21. The number of carboxylic acid groups (broad SMARTS) is 1. The number of amides is 4. The summed E-state index contributed by atoms with van der Waals surface area (Å²) in [5, 5.41) is 16.8. The van der Waals surface area contributed by atoms with Crippen LogP contribution in [0.3, 0.4) is 0 Å². The lowest BCUT2D eigenvalue weighted by atomic mass is 10.1. The Morgan fingerprint density at radius 2 is 1.49 bits per heavy atom. The number of carbonyl (C=O) groups excluding carboxylic acids is 3. The Kier molecular flexibility index (Phi) is 21.0. The molecule has 0 radical (unpaired) electrons. The van der Waals surface area contributed by atoms with Crippen LogP contribution in [0.5, 0.6) is 0 Å². The molecule has 1 unspecified atom stereocenters. The number of carbonyl (C=O) groups is 4. The van der Waals surface area contributed by atoms with E-state index in [-0.39, 0.29) is 26.0 Å². The van der Waals surface area contributed by atoms with Crippen LogP contribution in [0, 0.1) is 0 Å². The fraction of sp³-hybridized carbons (Fsp3) is 0.630. The Bertz CT molecular complexity index is 820. The number of aliphatic carboxylic acids is 1. The van der Waals surface area contributed by atoms with Gasteiger partial charge in [-0.1, -0.05) is 42.4 Å². The minimum atomic E-state index is -1.13. The molecule has 0 aromatic rings. The van der Waals surface area contributed by atoms with Gasteiger partial charge in [0.05, 0.1) is 0 Å². The molecule has 37 heavy (non-hydrogen) atoms. The molecule has 0 saturated carbocycles. The normalized spacial score (nSPS) is 13.0. The quantitative estimate of drug-likeness (QED) is 0.129. The zero-order valence-electron chi connectivity index (χ0n) is 22.3. The molecule has 0 aromatic heterocycles. The Morgan fingerprint density at radius 3 is 2.03 bits per heavy atom. The van der Waals surface area contributed by atoms with E-state index in [0.717, 1.165) is 25.7 Å². The van der Waals surface area contributed by atoms with Gasteiger partial charge in [0.25, 0.3) is 0 Å². The van der Waals surface area contributed by atoms with Crippen molar-refractivity contribution in [3.8, 4) is 0 Å². The summed E-state index contributed by atoms with van der Waals surface area (Å²) in [5.41, 5.74) is 9.24. The van der Waals surface area contributed by atoms with Gasteiger partial charge in [0.2, 0.25) is 11.8 Å². The van der Waals surface area contributed by atoms with Crippen LogP contribution in [-0.4, -0.2) is 59.1 Å². The van der Waals surface area contributed by atoms with Crippen molar-refractivity contribution in [1.82, 2.24) is 16.0 Å². The fourth-order valence-corrected chi connectivity index (χ4v) is 4.10. The number of hydrogen-bond donors (Lipinski definition) is 5. The molecule has 0 bridgehead atoms. The van der Waals surface area contributed by atoms with E-state index >= 15 is 0 Å². The van der Waals surface area contributed by atoms with Crippen molar-refractivity contribution < 1.29 is 24.3 Å². The molecule has 9 nitrogen and oxygen atoms in total. The molecule has 0 rings (SSSR count). The number of nitrogens with one attached hydrogen (secondary N) is 3. The van der Waals surface area contributed by atoms with E-state index in [1.54, 1.807) is 6.92 Å². The number of hydrogen-bond acceptors (Lipinski definition) is 5. The largest absolute Gasteiger partial charge is 0.480 e. The number of nitrogens with two attached hydrogens (primary N) is 1. The van der Waals surface area contributed by atoms with Crippen molar-refractivity contribution in [3.05, 3.63) is 34.9 Å². The third kappa shape index (κ3) is 20.0. The molecule has 0 heterocycles. The van der Waals surface area contributed by atoms with Gasteiger partial charge in [0.15, 0.2) is 0 Å². The second-order valence-electron chi connectivity index (χ2n) is 8.95. The number of thioether (sulfide) groups is 1. The Balaban J connectivity index is 0. The maximum Gasteiger partial charge on any atom is 0.327 e. The van der Waals surface area contributed by atoms with E-state index in [9.17, 15) is 24.3 Å². The highest BCUT2D eigenvalue weighted by Gasteiger charge is 2.22. The molecule has 0 aliphatic carbocycles. The van der Waals surface area contributed by atoms with E-state index in [1.165, 1.54) is 28.5 Å². The maximum absolute atomic E-state index is 12.2. The van der Waals surface area contributed by atoms with E-state index in [4.69, 9.17) is 5.73 Å². The van der Waals surface area contributed by atoms with Crippen LogP contribution in [0.4, 0.5) is 4.79 Å². The molecule has 0 aliphatic heterocycles. The number of urea groups is 1. The minimum Gasteiger partial charge on any atom is -0.480 e. The van der Waals surface area contributed by atoms with Crippen molar-refractivity contribution in [2.24, 2.45) is 5.73 Å². The first kappa shape index (κ1) is 36.4. The molecule has 6 N–H and O–H groups in total. The average Bonchev–Trinajstić information content (AvgIpc) is 2.78. The van der Waals surface area contributed by atoms with Crippen LogP contribution in [-0.2, 0) is 14.4 Å². The van der Waals surface area contributed by atoms with E-state index in [0.29, 0.717) is 12.3 Å². The lowest BCUT2D eigenvalue weighted by molar-refractivity contribution is -0.141. The lowest BCUT2D eigenvalue weighted by Crippen LogP contribution is -2.49. The monoisotopic (exact) mass is 540 g/mol. The summed E-state index contributed by atoms with van der Waals surface area (Å²) in [6.45, 7) is 10.5. The molecule has 0 saturated heterocycles. The zero-order chi connectivity index (χ0) is 27.5. The van der Waals surface area contributed by atoms with Crippen molar-refractivity contribution in [2.75, 3.05) is 18.1 Å². The zero-order valence-corrected chi connectivity index (χ0v) is 23.1. The highest BCUT2D eigenvalue weighted by Crippen LogP contribution is 2.13. The minimum absolute atomic E-state index is 0. The van der Waals surface area contributed by atoms with Crippen molar-refractivity contribution >= 4 is 35.6 Å². The summed E-state index contributed by atoms with van der Waals surface area (Å²) in [6.07, 6.45) is 10.5. The van der Waals surface area contributed by atoms with Gasteiger partial charge in [-0.15, -0.1) is 0 Å². The topological polar surface area (TPSA) is 151 Å². The molecule has 2 atom stereocenters. The molecule has 0 fully saturated rings. The van der Waals surface area contributed by atoms with Gasteiger partial charge >= 0.3 is 12.0 Å². The Labute approximate surface area is 227 Å². The van der Waals surface area contributed by atoms with Gasteiger partial charge in [-0.3, -0.25) is 9.59 Å². The second-order valence-corrected chi connectivity index (χ2v) is 10.0. The van der Waals surface area contributed by atoms with E-state index < -0.39 is 35.9 Å². The fourth-order valence-electron chi connectivity index (χ4n) is 3.10. The summed E-state index contributed by atoms with van der Waals surface area (Å²) < 4.78 is 0. The summed E-state index contributed by atoms with van der Waals surface area (Å²) in [6, 6.07) is -2.63. The second kappa shape index (κ2) is 21.3. The molecule has 4 amide bonds. The number of allylic oxidation sites excluding steroid dienone is 5. The van der Waals surface area contributed by atoms with Crippen molar-refractivity contribution in [1.29, 1.82) is 0 Å².